The maximum Gasteiger partial charge on any atom is 0.407 e. The Morgan fingerprint density at radius 2 is 1.52 bits per heavy atom. The molecule has 1 rings (SSSR count). The third-order valence-electron chi connectivity index (χ3n) is 4.41. The van der Waals surface area contributed by atoms with Crippen LogP contribution >= 0.6 is 0 Å². The molecule has 1 aliphatic carbocycles. The fraction of sp³-hybridized carbons (Fsp3) is 0.947. The second-order valence-electron chi connectivity index (χ2n) is 7.92. The van der Waals surface area contributed by atoms with Crippen LogP contribution in [0.25, 0.3) is 0 Å². The van der Waals surface area contributed by atoms with Crippen LogP contribution < -0.4 is 10.6 Å². The number of alkyl carbamates (subject to hydrolysis) is 1. The van der Waals surface area contributed by atoms with Crippen LogP contribution in [0, 0.1) is 0 Å². The van der Waals surface area contributed by atoms with Crippen molar-refractivity contribution >= 4 is 6.09 Å². The van der Waals surface area contributed by atoms with Crippen molar-refractivity contribution in [1.29, 1.82) is 0 Å². The van der Waals surface area contributed by atoms with Gasteiger partial charge >= 0.3 is 6.09 Å². The van der Waals surface area contributed by atoms with E-state index in [1.165, 1.54) is 38.5 Å². The highest BCUT2D eigenvalue weighted by molar-refractivity contribution is 5.68. The smallest absolute Gasteiger partial charge is 0.407 e. The number of hydrogen-bond acceptors (Lipinski definition) is 3. The van der Waals surface area contributed by atoms with Gasteiger partial charge in [0.2, 0.25) is 0 Å². The third kappa shape index (κ3) is 10.6. The van der Waals surface area contributed by atoms with Gasteiger partial charge in [0.1, 0.15) is 5.60 Å². The van der Waals surface area contributed by atoms with E-state index in [4.69, 9.17) is 4.74 Å². The second-order valence-corrected chi connectivity index (χ2v) is 7.92. The van der Waals surface area contributed by atoms with E-state index in [9.17, 15) is 4.79 Å². The van der Waals surface area contributed by atoms with Gasteiger partial charge in [0.25, 0.3) is 0 Å². The van der Waals surface area contributed by atoms with Gasteiger partial charge < -0.3 is 15.4 Å². The highest BCUT2D eigenvalue weighted by atomic mass is 16.6. The lowest BCUT2D eigenvalue weighted by Crippen LogP contribution is -2.44. The van der Waals surface area contributed by atoms with Crippen LogP contribution in [0.2, 0.25) is 0 Å². The standard InChI is InChI=1S/C19H38N2O2/c1-5-6-7-8-9-10-15-20-16-11-13-17(14-12-16)21-18(22)23-19(2,3)4/h16-17,20H,5-15H2,1-4H3,(H,21,22). The summed E-state index contributed by atoms with van der Waals surface area (Å²) in [5.41, 5.74) is -0.417. The number of rotatable bonds is 9. The first-order valence-corrected chi connectivity index (χ1v) is 9.63. The van der Waals surface area contributed by atoms with Crippen molar-refractivity contribution in [3.63, 3.8) is 0 Å². The molecule has 1 fully saturated rings. The molecule has 0 spiro atoms. The number of carbonyl (C=O) groups is 1. The molecule has 23 heavy (non-hydrogen) atoms. The number of hydrogen-bond donors (Lipinski definition) is 2. The van der Waals surface area contributed by atoms with Crippen molar-refractivity contribution in [2.24, 2.45) is 0 Å². The van der Waals surface area contributed by atoms with E-state index in [1.54, 1.807) is 0 Å². The largest absolute Gasteiger partial charge is 0.444 e. The summed E-state index contributed by atoms with van der Waals surface area (Å²) in [6, 6.07) is 0.902. The predicted molar refractivity (Wildman–Crippen MR) is 96.8 cm³/mol. The number of amides is 1. The molecule has 0 aromatic carbocycles. The molecule has 0 aliphatic heterocycles. The summed E-state index contributed by atoms with van der Waals surface area (Å²) in [4.78, 5) is 11.8. The van der Waals surface area contributed by atoms with Gasteiger partial charge in [-0.25, -0.2) is 4.79 Å². The molecule has 2 N–H and O–H groups in total. The molecule has 136 valence electrons. The lowest BCUT2D eigenvalue weighted by atomic mass is 9.91. The van der Waals surface area contributed by atoms with E-state index in [0.29, 0.717) is 6.04 Å². The predicted octanol–water partition coefficient (Wildman–Crippen LogP) is 4.77. The Bertz CT molecular complexity index is 318. The third-order valence-corrected chi connectivity index (χ3v) is 4.41. The summed E-state index contributed by atoms with van der Waals surface area (Å²) in [5, 5.41) is 6.68. The van der Waals surface area contributed by atoms with Gasteiger partial charge in [-0.1, -0.05) is 39.0 Å². The summed E-state index contributed by atoms with van der Waals surface area (Å²) in [5.74, 6) is 0. The van der Waals surface area contributed by atoms with Crippen molar-refractivity contribution in [1.82, 2.24) is 10.6 Å². The fourth-order valence-electron chi connectivity index (χ4n) is 3.13. The van der Waals surface area contributed by atoms with Crippen molar-refractivity contribution in [3.05, 3.63) is 0 Å². The van der Waals surface area contributed by atoms with Crippen LogP contribution in [-0.2, 0) is 4.74 Å². The van der Waals surface area contributed by atoms with Crippen molar-refractivity contribution < 1.29 is 9.53 Å². The normalized spacial score (nSPS) is 21.9. The first-order valence-electron chi connectivity index (χ1n) is 9.63. The van der Waals surface area contributed by atoms with Crippen molar-refractivity contribution in [3.8, 4) is 0 Å². The van der Waals surface area contributed by atoms with Crippen LogP contribution in [0.5, 0.6) is 0 Å². The molecule has 0 saturated heterocycles. The number of carbonyl (C=O) groups excluding carboxylic acids is 1. The summed E-state index contributed by atoms with van der Waals surface area (Å²) in [6.07, 6.45) is 12.2. The highest BCUT2D eigenvalue weighted by Gasteiger charge is 2.24. The van der Waals surface area contributed by atoms with Crippen LogP contribution in [0.3, 0.4) is 0 Å². The molecule has 0 unspecified atom stereocenters. The van der Waals surface area contributed by atoms with Gasteiger partial charge in [-0.3, -0.25) is 0 Å². The van der Waals surface area contributed by atoms with E-state index in [1.807, 2.05) is 20.8 Å². The molecule has 1 amide bonds. The Morgan fingerprint density at radius 1 is 0.957 bits per heavy atom. The summed E-state index contributed by atoms with van der Waals surface area (Å²) >= 11 is 0. The lowest BCUT2D eigenvalue weighted by Gasteiger charge is -2.30. The van der Waals surface area contributed by atoms with Crippen LogP contribution in [0.1, 0.15) is 91.9 Å². The minimum absolute atomic E-state index is 0.275. The molecule has 4 nitrogen and oxygen atoms in total. The van der Waals surface area contributed by atoms with E-state index < -0.39 is 5.60 Å². The Balaban J connectivity index is 2.03. The molecular formula is C19H38N2O2. The van der Waals surface area contributed by atoms with Gasteiger partial charge in [0, 0.05) is 12.1 Å². The van der Waals surface area contributed by atoms with Crippen molar-refractivity contribution in [2.75, 3.05) is 6.54 Å². The Morgan fingerprint density at radius 3 is 2.13 bits per heavy atom. The Labute approximate surface area is 143 Å². The van der Waals surface area contributed by atoms with E-state index >= 15 is 0 Å². The Kier molecular flexibility index (Phi) is 9.61. The maximum atomic E-state index is 11.8. The van der Waals surface area contributed by atoms with E-state index in [0.717, 1.165) is 32.2 Å². The zero-order chi connectivity index (χ0) is 17.1. The molecule has 0 heterocycles. The van der Waals surface area contributed by atoms with Gasteiger partial charge in [-0.05, 0) is 59.4 Å². The van der Waals surface area contributed by atoms with Crippen LogP contribution in [0.4, 0.5) is 4.79 Å². The van der Waals surface area contributed by atoms with E-state index in [-0.39, 0.29) is 12.1 Å². The first-order chi connectivity index (χ1) is 10.9. The molecule has 1 saturated carbocycles. The quantitative estimate of drug-likeness (QED) is 0.600. The van der Waals surface area contributed by atoms with Crippen LogP contribution in [-0.4, -0.2) is 30.3 Å². The molecular weight excluding hydrogens is 288 g/mol. The zero-order valence-corrected chi connectivity index (χ0v) is 15.7. The lowest BCUT2D eigenvalue weighted by molar-refractivity contribution is 0.0490. The average Bonchev–Trinajstić information content (AvgIpc) is 2.46. The monoisotopic (exact) mass is 326 g/mol. The molecule has 1 aliphatic rings. The number of nitrogens with one attached hydrogen (secondary N) is 2. The van der Waals surface area contributed by atoms with Crippen molar-refractivity contribution in [2.45, 2.75) is 110 Å². The SMILES string of the molecule is CCCCCCCCNC1CCC(NC(=O)OC(C)(C)C)CC1. The first kappa shape index (κ1) is 20.3. The van der Waals surface area contributed by atoms with Crippen LogP contribution in [0.15, 0.2) is 0 Å². The van der Waals surface area contributed by atoms with Gasteiger partial charge in [0.15, 0.2) is 0 Å². The molecule has 0 atom stereocenters. The minimum atomic E-state index is -0.417. The molecule has 0 radical (unpaired) electrons. The minimum Gasteiger partial charge on any atom is -0.444 e. The van der Waals surface area contributed by atoms with Gasteiger partial charge in [-0.2, -0.15) is 0 Å². The number of ether oxygens (including phenoxy) is 1. The second kappa shape index (κ2) is 10.9. The Hall–Kier alpha value is -0.770. The topological polar surface area (TPSA) is 50.4 Å². The molecule has 0 aromatic heterocycles. The highest BCUT2D eigenvalue weighted by Crippen LogP contribution is 2.19. The van der Waals surface area contributed by atoms with Gasteiger partial charge in [0.05, 0.1) is 0 Å². The zero-order valence-electron chi connectivity index (χ0n) is 15.7. The molecule has 0 aromatic rings. The molecule has 0 bridgehead atoms. The summed E-state index contributed by atoms with van der Waals surface area (Å²) in [6.45, 7) is 9.09. The number of unbranched alkanes of at least 4 members (excludes halogenated alkanes) is 5. The summed E-state index contributed by atoms with van der Waals surface area (Å²) in [7, 11) is 0. The van der Waals surface area contributed by atoms with Gasteiger partial charge in [-0.15, -0.1) is 0 Å². The van der Waals surface area contributed by atoms with E-state index in [2.05, 4.69) is 17.6 Å². The average molecular weight is 327 g/mol. The fourth-order valence-corrected chi connectivity index (χ4v) is 3.13. The summed E-state index contributed by atoms with van der Waals surface area (Å²) < 4.78 is 5.32. The maximum absolute atomic E-state index is 11.8. The molecule has 4 heteroatoms.